The fourth-order valence-electron chi connectivity index (χ4n) is 1.13. The smallest absolute Gasteiger partial charge is 0.317 e. The Morgan fingerprint density at radius 2 is 2.27 bits per heavy atom. The summed E-state index contributed by atoms with van der Waals surface area (Å²) in [5.74, 6) is 0.580. The highest BCUT2D eigenvalue weighted by molar-refractivity contribution is 5.74. The minimum absolute atomic E-state index is 0.0224. The van der Waals surface area contributed by atoms with E-state index >= 15 is 0 Å². The number of carbonyl (C=O) groups excluding carboxylic acids is 1. The third-order valence-electron chi connectivity index (χ3n) is 2.00. The van der Waals surface area contributed by atoms with Crippen LogP contribution in [0.3, 0.4) is 0 Å². The molecule has 15 heavy (non-hydrogen) atoms. The van der Waals surface area contributed by atoms with Gasteiger partial charge in [-0.25, -0.2) is 4.79 Å². The molecule has 0 spiro atoms. The van der Waals surface area contributed by atoms with Gasteiger partial charge in [-0.1, -0.05) is 19.9 Å². The van der Waals surface area contributed by atoms with Crippen LogP contribution in [0.15, 0.2) is 12.7 Å². The van der Waals surface area contributed by atoms with Crippen molar-refractivity contribution in [1.82, 2.24) is 10.2 Å². The fraction of sp³-hybridized carbons (Fsp3) is 0.727. The molecular formula is C11H22N2O2. The molecule has 0 aromatic carbocycles. The van der Waals surface area contributed by atoms with Crippen LogP contribution in [0.25, 0.3) is 0 Å². The molecule has 0 bridgehead atoms. The van der Waals surface area contributed by atoms with E-state index in [4.69, 9.17) is 5.11 Å². The molecule has 2 amide bonds. The van der Waals surface area contributed by atoms with Gasteiger partial charge in [-0.3, -0.25) is 0 Å². The lowest BCUT2D eigenvalue weighted by Crippen LogP contribution is -2.42. The normalized spacial score (nSPS) is 10.1. The zero-order valence-corrected chi connectivity index (χ0v) is 9.70. The van der Waals surface area contributed by atoms with Crippen molar-refractivity contribution in [1.29, 1.82) is 0 Å². The predicted octanol–water partition coefficient (Wildman–Crippen LogP) is 1.22. The number of aliphatic hydroxyl groups is 1. The van der Waals surface area contributed by atoms with Gasteiger partial charge >= 0.3 is 6.03 Å². The van der Waals surface area contributed by atoms with Gasteiger partial charge in [0.25, 0.3) is 0 Å². The molecule has 0 aromatic rings. The largest absolute Gasteiger partial charge is 0.395 e. The van der Waals surface area contributed by atoms with Crippen LogP contribution in [-0.4, -0.2) is 42.3 Å². The minimum atomic E-state index is -0.135. The standard InChI is InChI=1S/C11H22N2O2/c1-4-7-13(8-9-14)11(15)12-6-5-10(2)3/h4,10,14H,1,5-9H2,2-3H3,(H,12,15). The fourth-order valence-corrected chi connectivity index (χ4v) is 1.13. The maximum Gasteiger partial charge on any atom is 0.317 e. The van der Waals surface area contributed by atoms with Gasteiger partial charge in [0.15, 0.2) is 0 Å². The van der Waals surface area contributed by atoms with Crippen LogP contribution in [0.2, 0.25) is 0 Å². The summed E-state index contributed by atoms with van der Waals surface area (Å²) in [5.41, 5.74) is 0. The van der Waals surface area contributed by atoms with E-state index in [-0.39, 0.29) is 12.6 Å². The van der Waals surface area contributed by atoms with E-state index < -0.39 is 0 Å². The summed E-state index contributed by atoms with van der Waals surface area (Å²) in [6.45, 7) is 9.26. The van der Waals surface area contributed by atoms with E-state index in [1.165, 1.54) is 4.90 Å². The van der Waals surface area contributed by atoms with Crippen molar-refractivity contribution in [3.8, 4) is 0 Å². The summed E-state index contributed by atoms with van der Waals surface area (Å²) in [4.78, 5) is 13.1. The first-order valence-corrected chi connectivity index (χ1v) is 5.36. The van der Waals surface area contributed by atoms with Gasteiger partial charge in [0.2, 0.25) is 0 Å². The van der Waals surface area contributed by atoms with Crippen LogP contribution < -0.4 is 5.32 Å². The van der Waals surface area contributed by atoms with Gasteiger partial charge in [0.1, 0.15) is 0 Å². The van der Waals surface area contributed by atoms with Gasteiger partial charge in [-0.05, 0) is 12.3 Å². The number of nitrogens with zero attached hydrogens (tertiary/aromatic N) is 1. The van der Waals surface area contributed by atoms with Crippen molar-refractivity contribution in [2.45, 2.75) is 20.3 Å². The Morgan fingerprint density at radius 3 is 2.73 bits per heavy atom. The van der Waals surface area contributed by atoms with Crippen LogP contribution in [0.5, 0.6) is 0 Å². The Labute approximate surface area is 92.0 Å². The number of carbonyl (C=O) groups is 1. The Balaban J connectivity index is 3.85. The highest BCUT2D eigenvalue weighted by Crippen LogP contribution is 1.97. The number of aliphatic hydroxyl groups excluding tert-OH is 1. The van der Waals surface area contributed by atoms with Crippen LogP contribution >= 0.6 is 0 Å². The molecule has 88 valence electrons. The zero-order valence-electron chi connectivity index (χ0n) is 9.70. The summed E-state index contributed by atoms with van der Waals surface area (Å²) in [6.07, 6.45) is 2.62. The molecule has 0 unspecified atom stereocenters. The average molecular weight is 214 g/mol. The molecule has 0 aliphatic carbocycles. The van der Waals surface area contributed by atoms with Crippen molar-refractivity contribution >= 4 is 6.03 Å². The highest BCUT2D eigenvalue weighted by atomic mass is 16.3. The van der Waals surface area contributed by atoms with E-state index in [9.17, 15) is 4.79 Å². The minimum Gasteiger partial charge on any atom is -0.395 e. The molecule has 2 N–H and O–H groups in total. The first-order chi connectivity index (χ1) is 7.11. The highest BCUT2D eigenvalue weighted by Gasteiger charge is 2.10. The third-order valence-corrected chi connectivity index (χ3v) is 2.00. The van der Waals surface area contributed by atoms with E-state index in [0.29, 0.717) is 25.6 Å². The third kappa shape index (κ3) is 6.96. The molecule has 0 heterocycles. The summed E-state index contributed by atoms with van der Waals surface area (Å²) in [7, 11) is 0. The lowest BCUT2D eigenvalue weighted by Gasteiger charge is -2.20. The van der Waals surface area contributed by atoms with E-state index in [2.05, 4.69) is 25.7 Å². The van der Waals surface area contributed by atoms with E-state index in [1.54, 1.807) is 6.08 Å². The first kappa shape index (κ1) is 14.0. The molecular weight excluding hydrogens is 192 g/mol. The van der Waals surface area contributed by atoms with Crippen LogP contribution in [0, 0.1) is 5.92 Å². The number of amides is 2. The molecule has 0 fully saturated rings. The maximum absolute atomic E-state index is 11.6. The molecule has 4 nitrogen and oxygen atoms in total. The van der Waals surface area contributed by atoms with Gasteiger partial charge < -0.3 is 15.3 Å². The molecule has 0 aromatic heterocycles. The Morgan fingerprint density at radius 1 is 1.60 bits per heavy atom. The van der Waals surface area contributed by atoms with Crippen LogP contribution in [0.4, 0.5) is 4.79 Å². The van der Waals surface area contributed by atoms with Crippen molar-refractivity contribution in [3.63, 3.8) is 0 Å². The summed E-state index contributed by atoms with van der Waals surface area (Å²) < 4.78 is 0. The molecule has 0 aliphatic rings. The molecule has 0 rings (SSSR count). The first-order valence-electron chi connectivity index (χ1n) is 5.36. The molecule has 0 aliphatic heterocycles. The van der Waals surface area contributed by atoms with Crippen molar-refractivity contribution < 1.29 is 9.90 Å². The summed E-state index contributed by atoms with van der Waals surface area (Å²) in [5, 5.41) is 11.6. The van der Waals surface area contributed by atoms with E-state index in [1.807, 2.05) is 0 Å². The SMILES string of the molecule is C=CCN(CCO)C(=O)NCCC(C)C. The van der Waals surface area contributed by atoms with Gasteiger partial charge in [-0.15, -0.1) is 6.58 Å². The van der Waals surface area contributed by atoms with Crippen molar-refractivity contribution in [3.05, 3.63) is 12.7 Å². The molecule has 0 saturated heterocycles. The summed E-state index contributed by atoms with van der Waals surface area (Å²) >= 11 is 0. The monoisotopic (exact) mass is 214 g/mol. The number of nitrogens with one attached hydrogen (secondary N) is 1. The van der Waals surface area contributed by atoms with Gasteiger partial charge in [-0.2, -0.15) is 0 Å². The lowest BCUT2D eigenvalue weighted by molar-refractivity contribution is 0.183. The average Bonchev–Trinajstić information content (AvgIpc) is 2.16. The number of hydrogen-bond donors (Lipinski definition) is 2. The zero-order chi connectivity index (χ0) is 11.7. The Kier molecular flexibility index (Phi) is 7.72. The molecule has 0 saturated carbocycles. The molecule has 0 atom stereocenters. The Hall–Kier alpha value is -1.03. The Bertz CT molecular complexity index is 193. The topological polar surface area (TPSA) is 52.6 Å². The molecule has 4 heteroatoms. The number of urea groups is 1. The van der Waals surface area contributed by atoms with Crippen LogP contribution in [-0.2, 0) is 0 Å². The second-order valence-electron chi connectivity index (χ2n) is 3.87. The van der Waals surface area contributed by atoms with Crippen molar-refractivity contribution in [2.75, 3.05) is 26.2 Å². The maximum atomic E-state index is 11.6. The number of hydrogen-bond acceptors (Lipinski definition) is 2. The van der Waals surface area contributed by atoms with Gasteiger partial charge in [0, 0.05) is 19.6 Å². The number of rotatable bonds is 7. The molecule has 0 radical (unpaired) electrons. The van der Waals surface area contributed by atoms with Crippen molar-refractivity contribution in [2.24, 2.45) is 5.92 Å². The quantitative estimate of drug-likeness (QED) is 0.626. The second kappa shape index (κ2) is 8.29. The summed E-state index contributed by atoms with van der Waals surface area (Å²) in [6, 6.07) is -0.135. The second-order valence-corrected chi connectivity index (χ2v) is 3.87. The predicted molar refractivity (Wildman–Crippen MR) is 61.7 cm³/mol. The van der Waals surface area contributed by atoms with Crippen LogP contribution in [0.1, 0.15) is 20.3 Å². The lowest BCUT2D eigenvalue weighted by atomic mass is 10.1. The van der Waals surface area contributed by atoms with E-state index in [0.717, 1.165) is 6.42 Å². The van der Waals surface area contributed by atoms with Gasteiger partial charge in [0.05, 0.1) is 6.61 Å².